The molecule has 136 valence electrons. The number of benzene rings is 1. The zero-order valence-corrected chi connectivity index (χ0v) is 14.9. The number of hydrogen-bond acceptors (Lipinski definition) is 6. The second kappa shape index (κ2) is 6.86. The Morgan fingerprint density at radius 3 is 2.78 bits per heavy atom. The molecule has 0 aliphatic rings. The molecule has 4 rings (SSSR count). The van der Waals surface area contributed by atoms with Crippen molar-refractivity contribution in [2.45, 2.75) is 5.60 Å². The first-order chi connectivity index (χ1) is 13.1. The molecule has 3 aromatic heterocycles. The smallest absolute Gasteiger partial charge is 0.349 e. The molecule has 7 heteroatoms. The summed E-state index contributed by atoms with van der Waals surface area (Å²) in [6.45, 7) is -0.127. The highest BCUT2D eigenvalue weighted by Gasteiger charge is 2.34. The largest absolute Gasteiger partial charge is 0.472 e. The molecule has 1 atom stereocenters. The summed E-state index contributed by atoms with van der Waals surface area (Å²) in [4.78, 5) is 25.4. The Hall–Kier alpha value is -3.16. The summed E-state index contributed by atoms with van der Waals surface area (Å²) < 4.78 is 10.3. The third-order valence-electron chi connectivity index (χ3n) is 4.32. The minimum atomic E-state index is -1.46. The Morgan fingerprint density at radius 1 is 1.19 bits per heavy atom. The Balaban J connectivity index is 1.63. The first kappa shape index (κ1) is 17.3. The van der Waals surface area contributed by atoms with Crippen LogP contribution in [-0.2, 0) is 5.60 Å². The van der Waals surface area contributed by atoms with Gasteiger partial charge in [-0.05, 0) is 29.6 Å². The van der Waals surface area contributed by atoms with E-state index in [1.807, 2.05) is 11.4 Å². The van der Waals surface area contributed by atoms with E-state index in [0.29, 0.717) is 21.4 Å². The number of hydrogen-bond donors (Lipinski definition) is 2. The van der Waals surface area contributed by atoms with Crippen LogP contribution in [0.1, 0.15) is 20.8 Å². The summed E-state index contributed by atoms with van der Waals surface area (Å²) in [5.74, 6) is -0.618. The Bertz CT molecular complexity index is 1090. The number of rotatable bonds is 5. The van der Waals surface area contributed by atoms with Gasteiger partial charge in [-0.25, -0.2) is 4.79 Å². The van der Waals surface area contributed by atoms with Crippen molar-refractivity contribution in [3.63, 3.8) is 0 Å². The van der Waals surface area contributed by atoms with E-state index >= 15 is 0 Å². The molecule has 27 heavy (non-hydrogen) atoms. The quantitative estimate of drug-likeness (QED) is 0.518. The lowest BCUT2D eigenvalue weighted by molar-refractivity contribution is 0.0712. The summed E-state index contributed by atoms with van der Waals surface area (Å²) in [6, 6.07) is 13.7. The van der Waals surface area contributed by atoms with Crippen molar-refractivity contribution in [3.05, 3.63) is 92.9 Å². The van der Waals surface area contributed by atoms with Crippen LogP contribution >= 0.6 is 11.3 Å². The Labute approximate surface area is 157 Å². The van der Waals surface area contributed by atoms with Crippen LogP contribution in [-0.4, -0.2) is 17.6 Å². The lowest BCUT2D eigenvalue weighted by Gasteiger charge is -2.26. The molecule has 0 bridgehead atoms. The molecule has 0 aliphatic carbocycles. The second-order valence-corrected chi connectivity index (χ2v) is 6.97. The highest BCUT2D eigenvalue weighted by Crippen LogP contribution is 2.32. The maximum atomic E-state index is 12.6. The van der Waals surface area contributed by atoms with Crippen molar-refractivity contribution < 1.29 is 18.7 Å². The van der Waals surface area contributed by atoms with E-state index in [2.05, 4.69) is 5.32 Å². The highest BCUT2D eigenvalue weighted by molar-refractivity contribution is 7.10. The van der Waals surface area contributed by atoms with Gasteiger partial charge in [-0.2, -0.15) is 0 Å². The molecule has 0 spiro atoms. The lowest BCUT2D eigenvalue weighted by Crippen LogP contribution is -2.42. The maximum Gasteiger partial charge on any atom is 0.349 e. The standard InChI is InChI=1S/C20H15NO5S/c22-18(15-10-13-4-1-2-5-16(13)26-19(15)23)21-12-20(24,14-7-8-25-11-14)17-6-3-9-27-17/h1-11,24H,12H2,(H,21,22)/t20-/m0/s1. The average molecular weight is 381 g/mol. The number of amides is 1. The predicted octanol–water partition coefficient (Wildman–Crippen LogP) is 3.11. The van der Waals surface area contributed by atoms with Crippen molar-refractivity contribution in [3.8, 4) is 0 Å². The van der Waals surface area contributed by atoms with E-state index in [4.69, 9.17) is 8.83 Å². The van der Waals surface area contributed by atoms with Crippen LogP contribution in [0.15, 0.2) is 80.1 Å². The normalized spacial score (nSPS) is 13.4. The Morgan fingerprint density at radius 2 is 2.04 bits per heavy atom. The summed E-state index contributed by atoms with van der Waals surface area (Å²) in [5, 5.41) is 16.3. The molecule has 0 radical (unpaired) electrons. The van der Waals surface area contributed by atoms with Gasteiger partial charge in [0.25, 0.3) is 5.91 Å². The van der Waals surface area contributed by atoms with Gasteiger partial charge in [-0.3, -0.25) is 4.79 Å². The number of para-hydroxylation sites is 1. The van der Waals surface area contributed by atoms with Crippen LogP contribution in [0.25, 0.3) is 11.0 Å². The molecule has 0 unspecified atom stereocenters. The van der Waals surface area contributed by atoms with Gasteiger partial charge in [0.2, 0.25) is 0 Å². The monoisotopic (exact) mass is 381 g/mol. The number of nitrogens with one attached hydrogen (secondary N) is 1. The summed E-state index contributed by atoms with van der Waals surface area (Å²) >= 11 is 1.36. The van der Waals surface area contributed by atoms with Gasteiger partial charge in [-0.1, -0.05) is 24.3 Å². The van der Waals surface area contributed by atoms with Crippen LogP contribution in [0, 0.1) is 0 Å². The van der Waals surface area contributed by atoms with Crippen molar-refractivity contribution in [1.29, 1.82) is 0 Å². The minimum Gasteiger partial charge on any atom is -0.472 e. The number of carbonyl (C=O) groups is 1. The van der Waals surface area contributed by atoms with Crippen LogP contribution in [0.5, 0.6) is 0 Å². The van der Waals surface area contributed by atoms with Gasteiger partial charge in [0.15, 0.2) is 0 Å². The van der Waals surface area contributed by atoms with Crippen molar-refractivity contribution in [1.82, 2.24) is 5.32 Å². The van der Waals surface area contributed by atoms with E-state index in [9.17, 15) is 14.7 Å². The molecular weight excluding hydrogens is 366 g/mol. The Kier molecular flexibility index (Phi) is 4.39. The zero-order chi connectivity index (χ0) is 18.9. The molecule has 0 saturated carbocycles. The number of thiophene rings is 1. The highest BCUT2D eigenvalue weighted by atomic mass is 32.1. The summed E-state index contributed by atoms with van der Waals surface area (Å²) in [5.41, 5.74) is -1.39. The lowest BCUT2D eigenvalue weighted by atomic mass is 9.94. The third-order valence-corrected chi connectivity index (χ3v) is 5.34. The van der Waals surface area contributed by atoms with Crippen molar-refractivity contribution in [2.75, 3.05) is 6.54 Å². The van der Waals surface area contributed by atoms with Gasteiger partial charge in [0, 0.05) is 15.8 Å². The summed E-state index contributed by atoms with van der Waals surface area (Å²) in [7, 11) is 0. The topological polar surface area (TPSA) is 92.7 Å². The van der Waals surface area contributed by atoms with Crippen LogP contribution < -0.4 is 10.9 Å². The van der Waals surface area contributed by atoms with E-state index in [-0.39, 0.29) is 12.1 Å². The maximum absolute atomic E-state index is 12.6. The molecule has 0 aliphatic heterocycles. The molecule has 3 heterocycles. The number of furan rings is 1. The van der Waals surface area contributed by atoms with Crippen molar-refractivity contribution in [2.24, 2.45) is 0 Å². The zero-order valence-electron chi connectivity index (χ0n) is 14.0. The number of fused-ring (bicyclic) bond motifs is 1. The second-order valence-electron chi connectivity index (χ2n) is 6.02. The van der Waals surface area contributed by atoms with Crippen LogP contribution in [0.4, 0.5) is 0 Å². The number of aliphatic hydroxyl groups is 1. The van der Waals surface area contributed by atoms with Gasteiger partial charge in [-0.15, -0.1) is 11.3 Å². The average Bonchev–Trinajstić information content (AvgIpc) is 3.39. The van der Waals surface area contributed by atoms with Crippen LogP contribution in [0.2, 0.25) is 0 Å². The molecule has 2 N–H and O–H groups in total. The van der Waals surface area contributed by atoms with E-state index in [1.54, 1.807) is 36.4 Å². The molecule has 4 aromatic rings. The molecule has 6 nitrogen and oxygen atoms in total. The molecule has 1 amide bonds. The molecular formula is C20H15NO5S. The molecule has 1 aromatic carbocycles. The van der Waals surface area contributed by atoms with Gasteiger partial charge < -0.3 is 19.3 Å². The van der Waals surface area contributed by atoms with Gasteiger partial charge in [0.1, 0.15) is 16.7 Å². The number of carbonyl (C=O) groups excluding carboxylic acids is 1. The fourth-order valence-electron chi connectivity index (χ4n) is 2.87. The van der Waals surface area contributed by atoms with Crippen molar-refractivity contribution >= 4 is 28.2 Å². The van der Waals surface area contributed by atoms with Crippen LogP contribution in [0.3, 0.4) is 0 Å². The first-order valence-corrected chi connectivity index (χ1v) is 9.06. The first-order valence-electron chi connectivity index (χ1n) is 8.18. The van der Waals surface area contributed by atoms with E-state index in [0.717, 1.165) is 0 Å². The summed E-state index contributed by atoms with van der Waals surface area (Å²) in [6.07, 6.45) is 2.88. The van der Waals surface area contributed by atoms with Gasteiger partial charge in [0.05, 0.1) is 19.1 Å². The molecule has 0 saturated heterocycles. The fraction of sp³-hybridized carbons (Fsp3) is 0.100. The predicted molar refractivity (Wildman–Crippen MR) is 101 cm³/mol. The SMILES string of the molecule is O=C(NC[C@](O)(c1ccoc1)c1cccs1)c1cc2ccccc2oc1=O. The van der Waals surface area contributed by atoms with E-state index < -0.39 is 17.1 Å². The molecule has 0 fully saturated rings. The fourth-order valence-corrected chi connectivity index (χ4v) is 3.71. The van der Waals surface area contributed by atoms with E-state index in [1.165, 1.54) is 29.9 Å². The minimum absolute atomic E-state index is 0.116. The van der Waals surface area contributed by atoms with Gasteiger partial charge >= 0.3 is 5.63 Å². The third kappa shape index (κ3) is 3.18.